The zero-order valence-corrected chi connectivity index (χ0v) is 12.1. The Balaban J connectivity index is 1.80. The lowest BCUT2D eigenvalue weighted by Crippen LogP contribution is -2.03. The summed E-state index contributed by atoms with van der Waals surface area (Å²) in [4.78, 5) is 11.3. The average molecular weight is 342 g/mol. The minimum atomic E-state index is -0.00278. The predicted molar refractivity (Wildman–Crippen MR) is 77.5 cm³/mol. The van der Waals surface area contributed by atoms with Crippen LogP contribution in [-0.4, -0.2) is 5.91 Å². The van der Waals surface area contributed by atoms with Crippen LogP contribution in [0, 0.1) is 0 Å². The molecule has 1 aliphatic rings. The molecule has 0 saturated carbocycles. The number of nitrogens with one attached hydrogen (secondary N) is 2. The lowest BCUT2D eigenvalue weighted by atomic mass is 10.1. The Bertz CT molecular complexity index is 654. The largest absolute Gasteiger partial charge is 0.466 e. The number of anilines is 2. The molecule has 0 spiro atoms. The molecule has 0 fully saturated rings. The Morgan fingerprint density at radius 1 is 1.47 bits per heavy atom. The molecule has 19 heavy (non-hydrogen) atoms. The number of carbonyl (C=O) groups is 1. The van der Waals surface area contributed by atoms with Gasteiger partial charge in [0.05, 0.1) is 34.4 Å². The van der Waals surface area contributed by atoms with Gasteiger partial charge in [-0.15, -0.1) is 0 Å². The molecule has 0 radical (unpaired) electrons. The number of furan rings is 1. The molecule has 2 heterocycles. The van der Waals surface area contributed by atoms with E-state index in [1.807, 2.05) is 12.1 Å². The number of hydrogen-bond donors (Lipinski definition) is 2. The van der Waals surface area contributed by atoms with Gasteiger partial charge in [-0.2, -0.15) is 0 Å². The molecule has 3 rings (SSSR count). The van der Waals surface area contributed by atoms with Gasteiger partial charge in [0.2, 0.25) is 5.91 Å². The van der Waals surface area contributed by atoms with Crippen molar-refractivity contribution in [2.24, 2.45) is 0 Å². The van der Waals surface area contributed by atoms with Gasteiger partial charge < -0.3 is 15.1 Å². The first kappa shape index (κ1) is 12.6. The van der Waals surface area contributed by atoms with Gasteiger partial charge in [-0.25, -0.2) is 0 Å². The number of halogens is 2. The monoisotopic (exact) mass is 340 g/mol. The van der Waals surface area contributed by atoms with Gasteiger partial charge in [-0.1, -0.05) is 11.6 Å². The van der Waals surface area contributed by atoms with Gasteiger partial charge in [-0.3, -0.25) is 4.79 Å². The highest BCUT2D eigenvalue weighted by Gasteiger charge is 2.19. The lowest BCUT2D eigenvalue weighted by molar-refractivity contribution is -0.115. The summed E-state index contributed by atoms with van der Waals surface area (Å²) < 4.78 is 6.23. The Labute approximate surface area is 123 Å². The van der Waals surface area contributed by atoms with Gasteiger partial charge in [0.1, 0.15) is 5.76 Å². The van der Waals surface area contributed by atoms with Crippen LogP contribution in [0.25, 0.3) is 0 Å². The van der Waals surface area contributed by atoms with Crippen molar-refractivity contribution < 1.29 is 9.21 Å². The van der Waals surface area contributed by atoms with Crippen molar-refractivity contribution in [2.75, 3.05) is 10.6 Å². The van der Waals surface area contributed by atoms with Crippen LogP contribution in [0.4, 0.5) is 11.4 Å². The Morgan fingerprint density at radius 2 is 2.32 bits per heavy atom. The summed E-state index contributed by atoms with van der Waals surface area (Å²) in [5.74, 6) is 0.794. The number of fused-ring (bicyclic) bond motifs is 1. The van der Waals surface area contributed by atoms with Crippen molar-refractivity contribution in [3.8, 4) is 0 Å². The minimum absolute atomic E-state index is 0.00278. The van der Waals surface area contributed by atoms with Gasteiger partial charge in [0, 0.05) is 5.69 Å². The van der Waals surface area contributed by atoms with Crippen molar-refractivity contribution in [2.45, 2.75) is 13.0 Å². The molecular formula is C13H10BrClN2O2. The minimum Gasteiger partial charge on any atom is -0.466 e. The second-order valence-corrected chi connectivity index (χ2v) is 5.52. The fourth-order valence-electron chi connectivity index (χ4n) is 2.01. The predicted octanol–water partition coefficient (Wildman–Crippen LogP) is 3.80. The van der Waals surface area contributed by atoms with E-state index in [0.717, 1.165) is 27.2 Å². The summed E-state index contributed by atoms with van der Waals surface area (Å²) in [7, 11) is 0. The molecule has 2 N–H and O–H groups in total. The molecule has 4 nitrogen and oxygen atoms in total. The molecule has 98 valence electrons. The molecule has 0 saturated heterocycles. The van der Waals surface area contributed by atoms with Crippen LogP contribution in [0.3, 0.4) is 0 Å². The van der Waals surface area contributed by atoms with Gasteiger partial charge in [0.25, 0.3) is 0 Å². The first-order chi connectivity index (χ1) is 9.13. The van der Waals surface area contributed by atoms with Crippen LogP contribution in [-0.2, 0) is 17.8 Å². The first-order valence-corrected chi connectivity index (χ1v) is 6.88. The molecule has 0 aliphatic carbocycles. The molecular weight excluding hydrogens is 332 g/mol. The van der Waals surface area contributed by atoms with E-state index >= 15 is 0 Å². The molecule has 1 amide bonds. The van der Waals surface area contributed by atoms with Crippen LogP contribution in [0.1, 0.15) is 11.3 Å². The standard InChI is InChI=1S/C13H10BrClN2O2/c14-8-1-2-19-12(8)6-16-11-3-7-4-13(18)17-10(7)5-9(11)15/h1-3,5,16H,4,6H2,(H,17,18). The van der Waals surface area contributed by atoms with Crippen LogP contribution >= 0.6 is 27.5 Å². The maximum atomic E-state index is 11.3. The Hall–Kier alpha value is -1.46. The van der Waals surface area contributed by atoms with Crippen LogP contribution in [0.5, 0.6) is 0 Å². The summed E-state index contributed by atoms with van der Waals surface area (Å²) in [6.45, 7) is 0.521. The SMILES string of the molecule is O=C1Cc2cc(NCc3occc3Br)c(Cl)cc2N1. The number of rotatable bonds is 3. The van der Waals surface area contributed by atoms with Crippen molar-refractivity contribution in [3.05, 3.63) is 45.3 Å². The number of amides is 1. The normalized spacial score (nSPS) is 13.3. The van der Waals surface area contributed by atoms with Crippen LogP contribution in [0.15, 0.2) is 33.4 Å². The molecule has 6 heteroatoms. The van der Waals surface area contributed by atoms with E-state index in [9.17, 15) is 4.79 Å². The zero-order chi connectivity index (χ0) is 13.4. The van der Waals surface area contributed by atoms with E-state index in [4.69, 9.17) is 16.0 Å². The van der Waals surface area contributed by atoms with Crippen molar-refractivity contribution in [1.82, 2.24) is 0 Å². The lowest BCUT2D eigenvalue weighted by Gasteiger charge is -2.09. The second kappa shape index (κ2) is 4.90. The fraction of sp³-hybridized carbons (Fsp3) is 0.154. The van der Waals surface area contributed by atoms with Gasteiger partial charge >= 0.3 is 0 Å². The summed E-state index contributed by atoms with van der Waals surface area (Å²) in [6, 6.07) is 5.50. The highest BCUT2D eigenvalue weighted by molar-refractivity contribution is 9.10. The van der Waals surface area contributed by atoms with E-state index in [1.165, 1.54) is 0 Å². The van der Waals surface area contributed by atoms with E-state index in [2.05, 4.69) is 26.6 Å². The molecule has 1 aromatic heterocycles. The quantitative estimate of drug-likeness (QED) is 0.893. The van der Waals surface area contributed by atoms with E-state index in [0.29, 0.717) is 18.0 Å². The topological polar surface area (TPSA) is 54.3 Å². The van der Waals surface area contributed by atoms with Gasteiger partial charge in [0.15, 0.2) is 0 Å². The highest BCUT2D eigenvalue weighted by atomic mass is 79.9. The number of carbonyl (C=O) groups excluding carboxylic acids is 1. The van der Waals surface area contributed by atoms with Crippen molar-refractivity contribution in [1.29, 1.82) is 0 Å². The Morgan fingerprint density at radius 3 is 3.05 bits per heavy atom. The second-order valence-electron chi connectivity index (χ2n) is 4.26. The third-order valence-corrected chi connectivity index (χ3v) is 3.97. The zero-order valence-electron chi connectivity index (χ0n) is 9.80. The third kappa shape index (κ3) is 2.48. The van der Waals surface area contributed by atoms with Gasteiger partial charge in [-0.05, 0) is 39.7 Å². The molecule has 0 bridgehead atoms. The van der Waals surface area contributed by atoms with Crippen LogP contribution in [0.2, 0.25) is 5.02 Å². The summed E-state index contributed by atoms with van der Waals surface area (Å²) in [5, 5.41) is 6.55. The molecule has 0 atom stereocenters. The molecule has 0 unspecified atom stereocenters. The Kier molecular flexibility index (Phi) is 3.24. The maximum absolute atomic E-state index is 11.3. The average Bonchev–Trinajstić information content (AvgIpc) is 2.91. The summed E-state index contributed by atoms with van der Waals surface area (Å²) in [5.41, 5.74) is 2.54. The molecule has 2 aromatic rings. The van der Waals surface area contributed by atoms with E-state index in [-0.39, 0.29) is 5.91 Å². The van der Waals surface area contributed by atoms with Crippen LogP contribution < -0.4 is 10.6 Å². The van der Waals surface area contributed by atoms with E-state index in [1.54, 1.807) is 12.3 Å². The highest BCUT2D eigenvalue weighted by Crippen LogP contribution is 2.33. The number of benzene rings is 1. The smallest absolute Gasteiger partial charge is 0.228 e. The van der Waals surface area contributed by atoms with Crippen molar-refractivity contribution >= 4 is 44.8 Å². The number of hydrogen-bond acceptors (Lipinski definition) is 3. The third-order valence-electron chi connectivity index (χ3n) is 2.95. The van der Waals surface area contributed by atoms with Crippen molar-refractivity contribution in [3.63, 3.8) is 0 Å². The molecule has 1 aliphatic heterocycles. The van der Waals surface area contributed by atoms with E-state index < -0.39 is 0 Å². The molecule has 1 aromatic carbocycles. The first-order valence-electron chi connectivity index (χ1n) is 5.71. The fourth-order valence-corrected chi connectivity index (χ4v) is 2.58. The summed E-state index contributed by atoms with van der Waals surface area (Å²) >= 11 is 9.57. The maximum Gasteiger partial charge on any atom is 0.228 e. The summed E-state index contributed by atoms with van der Waals surface area (Å²) in [6.07, 6.45) is 2.01.